The lowest BCUT2D eigenvalue weighted by Crippen LogP contribution is -2.55. The first kappa shape index (κ1) is 118. The lowest BCUT2D eigenvalue weighted by Gasteiger charge is -2.40. The van der Waals surface area contributed by atoms with E-state index in [9.17, 15) is 98.7 Å². The van der Waals surface area contributed by atoms with Crippen LogP contribution in [0.1, 0.15) is 217 Å². The average molecular weight is 1620 g/mol. The van der Waals surface area contributed by atoms with Crippen molar-refractivity contribution < 1.29 is 150 Å². The van der Waals surface area contributed by atoms with Gasteiger partial charge in [-0.2, -0.15) is 0 Å². The van der Waals surface area contributed by atoms with Crippen LogP contribution in [0.5, 0.6) is 0 Å². The highest BCUT2D eigenvalue weighted by atomic mass is 31.2. The number of phosphoric acid groups is 2. The van der Waals surface area contributed by atoms with Crippen LogP contribution in [-0.4, -0.2) is 309 Å². The number of carbonyl (C=O) groups excluding carboxylic acids is 6. The Morgan fingerprint density at radius 1 is 0.352 bits per heavy atom. The van der Waals surface area contributed by atoms with Crippen molar-refractivity contribution in [3.05, 3.63) is 0 Å². The third kappa shape index (κ3) is 45.2. The van der Waals surface area contributed by atoms with Crippen molar-refractivity contribution in [2.45, 2.75) is 297 Å². The molecule has 0 bridgehead atoms. The number of unbranched alkanes of at least 4 members (excludes halogenated alkanes) is 3. The Bertz CT molecular complexity index is 2420. The summed E-state index contributed by atoms with van der Waals surface area (Å²) in [6, 6.07) is 0. The van der Waals surface area contributed by atoms with Crippen LogP contribution in [-0.2, 0) is 89.2 Å². The molecule has 3 amide bonds. The minimum Gasteiger partial charge on any atom is -0.395 e. The number of phosphoric ester groups is 2. The van der Waals surface area contributed by atoms with E-state index < -0.39 is 172 Å². The van der Waals surface area contributed by atoms with Gasteiger partial charge in [-0.3, -0.25) is 46.9 Å². The van der Waals surface area contributed by atoms with Gasteiger partial charge in [0.05, 0.1) is 104 Å². The Labute approximate surface area is 646 Å². The number of ether oxygens (including phenoxy) is 7. The molecule has 12 N–H and O–H groups in total. The fourth-order valence-electron chi connectivity index (χ4n) is 11.0. The zero-order valence-electron chi connectivity index (χ0n) is 58.1. The second kappa shape index (κ2) is 64.3. The number of aliphatic hydroxyl groups is 10. The van der Waals surface area contributed by atoms with Crippen LogP contribution < -0.4 is 0 Å². The molecule has 0 aliphatic carbocycles. The Morgan fingerprint density at radius 2 is 0.583 bits per heavy atom. The number of Topliss-reactive ketones (excluding diaryl/α,β-unsaturated/α-hetero) is 3. The van der Waals surface area contributed by atoms with E-state index in [1.807, 2.05) is 13.8 Å². The highest BCUT2D eigenvalue weighted by molar-refractivity contribution is 7.47. The maximum atomic E-state index is 13.7. The summed E-state index contributed by atoms with van der Waals surface area (Å²) in [5, 5.41) is 99.1. The number of amides is 3. The molecular formula is C72H151N3O31P2. The van der Waals surface area contributed by atoms with Gasteiger partial charge in [0.2, 0.25) is 17.7 Å². The summed E-state index contributed by atoms with van der Waals surface area (Å²) in [5.74, 6) is -3.37. The lowest BCUT2D eigenvalue weighted by atomic mass is 9.92. The molecule has 0 radical (unpaired) electrons. The number of hydrogen-bond donors (Lipinski definition) is 12. The van der Waals surface area contributed by atoms with Crippen LogP contribution in [0.25, 0.3) is 0 Å². The van der Waals surface area contributed by atoms with Gasteiger partial charge in [-0.25, -0.2) is 9.13 Å². The summed E-state index contributed by atoms with van der Waals surface area (Å²) in [5.41, 5.74) is 0. The van der Waals surface area contributed by atoms with Gasteiger partial charge in [-0.05, 0) is 71.6 Å². The van der Waals surface area contributed by atoms with Crippen molar-refractivity contribution in [3.63, 3.8) is 0 Å². The van der Waals surface area contributed by atoms with Crippen molar-refractivity contribution >= 4 is 50.7 Å². The molecule has 3 aliphatic rings. The van der Waals surface area contributed by atoms with E-state index in [0.717, 1.165) is 4.90 Å². The molecule has 3 heterocycles. The fourth-order valence-corrected chi connectivity index (χ4v) is 12.4. The molecule has 3 saturated heterocycles. The maximum absolute atomic E-state index is 13.7. The average Bonchev–Trinajstić information content (AvgIpc) is 0.832. The number of carbonyl (C=O) groups is 6. The number of ketones is 3. The third-order valence-electron chi connectivity index (χ3n) is 17.2. The van der Waals surface area contributed by atoms with Crippen LogP contribution >= 0.6 is 15.6 Å². The van der Waals surface area contributed by atoms with Gasteiger partial charge in [0.15, 0.2) is 18.9 Å². The second-order valence-corrected chi connectivity index (χ2v) is 28.3. The Morgan fingerprint density at radius 3 is 0.824 bits per heavy atom. The van der Waals surface area contributed by atoms with Gasteiger partial charge < -0.3 is 109 Å². The summed E-state index contributed by atoms with van der Waals surface area (Å²) in [6.07, 6.45) is -9.59. The van der Waals surface area contributed by atoms with Gasteiger partial charge in [-0.1, -0.05) is 87.6 Å². The molecule has 0 spiro atoms. The molecule has 34 nitrogen and oxygen atoms in total. The minimum absolute atomic E-state index is 0. The van der Waals surface area contributed by atoms with E-state index in [0.29, 0.717) is 44.9 Å². The molecule has 0 aromatic rings. The summed E-state index contributed by atoms with van der Waals surface area (Å²) >= 11 is 0. The molecule has 108 heavy (non-hydrogen) atoms. The number of rotatable bonds is 55. The van der Waals surface area contributed by atoms with Gasteiger partial charge in [0.1, 0.15) is 54.0 Å². The number of aliphatic hydroxyl groups excluding tert-OH is 10. The molecule has 17 atom stereocenters. The van der Waals surface area contributed by atoms with Gasteiger partial charge in [0, 0.05) is 115 Å². The molecule has 3 rings (SSSR count). The van der Waals surface area contributed by atoms with E-state index in [-0.39, 0.29) is 233 Å². The largest absolute Gasteiger partial charge is 0.472 e. The Kier molecular flexibility index (Phi) is 70.3. The Hall–Kier alpha value is -3.04. The lowest BCUT2D eigenvalue weighted by molar-refractivity contribution is -0.282. The van der Waals surface area contributed by atoms with Crippen molar-refractivity contribution in [1.29, 1.82) is 0 Å². The third-order valence-corrected chi connectivity index (χ3v) is 19.2. The van der Waals surface area contributed by atoms with E-state index in [1.165, 1.54) is 9.80 Å². The number of nitrogens with zero attached hydrogens (tertiary/aromatic N) is 3. The summed E-state index contributed by atoms with van der Waals surface area (Å²) in [6.45, 7) is 3.63. The van der Waals surface area contributed by atoms with Crippen LogP contribution in [0.4, 0.5) is 0 Å². The number of hydrogen-bond acceptors (Lipinski definition) is 29. The zero-order valence-corrected chi connectivity index (χ0v) is 59.8. The highest BCUT2D eigenvalue weighted by Gasteiger charge is 2.45. The van der Waals surface area contributed by atoms with Crippen LogP contribution in [0.3, 0.4) is 0 Å². The SMILES string of the molecule is C.C.C.C.C.C.C.C.C.CC(C)OCCN(CCOP(=O)(O)OCCN(CCOP(=O)(O)OCCN(CCO)C(=O)CCCCC(=O)CCCO[C@@H]1OC(CO)[C@H](O)[C@H](O)C1C)C(=O)CCCCC(=O)CCCO[C@@H]1OC(CO)[C@H](O)[C@H](O)C1C)C(=O)CCCCC(=O)CCCO[C@@H]1OC(CO)[C@H](O)[C@H](O)C1C. The summed E-state index contributed by atoms with van der Waals surface area (Å²) in [7, 11) is -9.71. The molecule has 3 fully saturated rings. The van der Waals surface area contributed by atoms with Crippen LogP contribution in [0, 0.1) is 17.8 Å². The van der Waals surface area contributed by atoms with E-state index in [1.54, 1.807) is 20.8 Å². The zero-order chi connectivity index (χ0) is 73.7. The first-order valence-corrected chi connectivity index (χ1v) is 37.6. The van der Waals surface area contributed by atoms with Gasteiger partial charge in [-0.15, -0.1) is 0 Å². The topological polar surface area (TPSA) is 491 Å². The molecule has 36 heteroatoms. The second-order valence-electron chi connectivity index (χ2n) is 25.4. The maximum Gasteiger partial charge on any atom is 0.472 e. The summed E-state index contributed by atoms with van der Waals surface area (Å²) < 4.78 is 86.3. The van der Waals surface area contributed by atoms with Crippen LogP contribution in [0.15, 0.2) is 0 Å². The monoisotopic (exact) mass is 1620 g/mol. The van der Waals surface area contributed by atoms with Gasteiger partial charge in [0.25, 0.3) is 0 Å². The summed E-state index contributed by atoms with van der Waals surface area (Å²) in [4.78, 5) is 103. The molecule has 8 unspecified atom stereocenters. The highest BCUT2D eigenvalue weighted by Crippen LogP contribution is 2.44. The smallest absolute Gasteiger partial charge is 0.395 e. The van der Waals surface area contributed by atoms with Crippen LogP contribution in [0.2, 0.25) is 0 Å². The predicted octanol–water partition coefficient (Wildman–Crippen LogP) is 5.89. The molecule has 0 saturated carbocycles. The molecule has 650 valence electrons. The quantitative estimate of drug-likeness (QED) is 0.0249. The van der Waals surface area contributed by atoms with E-state index in [2.05, 4.69) is 0 Å². The fraction of sp³-hybridized carbons (Fsp3) is 0.917. The van der Waals surface area contributed by atoms with Gasteiger partial charge >= 0.3 is 15.6 Å². The van der Waals surface area contributed by atoms with Crippen molar-refractivity contribution in [2.24, 2.45) is 17.8 Å². The molecule has 3 aliphatic heterocycles. The molecule has 0 aromatic carbocycles. The first-order chi connectivity index (χ1) is 47.0. The standard InChI is InChI=1S/C63H115N3O31P2.9CH4/c1-42(2)87-34-25-65(53(75)22-10-7-16-47(72)19-13-32-89-62-44(4)56(78)59(81)50(40-69)96-62)27-36-92-99(85,86)94-38-29-66(54(76)23-11-8-17-48(73)20-14-33-90-63-45(5)57(79)60(82)51(41-70)97-63)28-37-93-98(83,84)91-35-26-64(24-30-67)52(74)21-9-6-15-46(71)18-12-31-88-61-43(3)55(77)58(80)49(39-68)95-61;;;;;;;;;/h42-45,49-51,55-63,67-70,77-82H,6-41H2,1-5H3,(H,83,84)(H,85,86);9*1H4/t43?,44?,45?,49?,50?,51?,55-,56-,57-,58+,59+,60+,61-,62-,63-;;;;;;;;;/m1........./s1. The molecule has 0 aromatic heterocycles. The Balaban J connectivity index is -0.00000227. The van der Waals surface area contributed by atoms with E-state index in [4.69, 9.17) is 51.3 Å². The first-order valence-electron chi connectivity index (χ1n) is 34.6. The minimum atomic E-state index is -4.86. The van der Waals surface area contributed by atoms with Crippen molar-refractivity contribution in [1.82, 2.24) is 14.7 Å². The van der Waals surface area contributed by atoms with Crippen molar-refractivity contribution in [3.8, 4) is 0 Å². The predicted molar refractivity (Wildman–Crippen MR) is 409 cm³/mol. The van der Waals surface area contributed by atoms with Crippen molar-refractivity contribution in [2.75, 3.05) is 119 Å². The normalized spacial score (nSPS) is 24.7. The van der Waals surface area contributed by atoms with E-state index >= 15 is 0 Å². The molecular weight excluding hydrogens is 1460 g/mol.